The summed E-state index contributed by atoms with van der Waals surface area (Å²) in [4.78, 5) is 13.7. The zero-order valence-corrected chi connectivity index (χ0v) is 12.7. The number of fused-ring (bicyclic) bond motifs is 1. The summed E-state index contributed by atoms with van der Waals surface area (Å²) in [5.41, 5.74) is 3.69. The maximum Gasteiger partial charge on any atom is 0.145 e. The fourth-order valence-corrected chi connectivity index (χ4v) is 3.04. The van der Waals surface area contributed by atoms with Crippen LogP contribution in [0.15, 0.2) is 30.7 Å². The van der Waals surface area contributed by atoms with Crippen molar-refractivity contribution in [3.05, 3.63) is 53.4 Å². The fourth-order valence-electron chi connectivity index (χ4n) is 3.04. The van der Waals surface area contributed by atoms with Crippen LogP contribution in [-0.4, -0.2) is 21.5 Å². The minimum Gasteiger partial charge on any atom is -0.307 e. The average molecular weight is 282 g/mol. The van der Waals surface area contributed by atoms with E-state index in [4.69, 9.17) is 0 Å². The second kappa shape index (κ2) is 6.31. The minimum atomic E-state index is 0.154. The molecule has 4 heteroatoms. The van der Waals surface area contributed by atoms with Crippen LogP contribution in [0.25, 0.3) is 0 Å². The van der Waals surface area contributed by atoms with Gasteiger partial charge in [0.1, 0.15) is 5.82 Å². The van der Waals surface area contributed by atoms with Crippen LogP contribution < -0.4 is 5.32 Å². The number of aromatic nitrogens is 3. The second-order valence-electron chi connectivity index (χ2n) is 5.74. The van der Waals surface area contributed by atoms with E-state index in [0.717, 1.165) is 37.2 Å². The summed E-state index contributed by atoms with van der Waals surface area (Å²) < 4.78 is 0. The minimum absolute atomic E-state index is 0.154. The molecule has 2 heterocycles. The number of aryl methyl sites for hydroxylation is 2. The summed E-state index contributed by atoms with van der Waals surface area (Å²) in [5, 5.41) is 3.62. The van der Waals surface area contributed by atoms with E-state index in [0.29, 0.717) is 5.92 Å². The fraction of sp³-hybridized carbons (Fsp3) is 0.471. The van der Waals surface area contributed by atoms with Crippen molar-refractivity contribution in [1.82, 2.24) is 20.3 Å². The van der Waals surface area contributed by atoms with Crippen LogP contribution in [0.5, 0.6) is 0 Å². The molecule has 0 radical (unpaired) electrons. The molecule has 2 aromatic heterocycles. The van der Waals surface area contributed by atoms with Crippen molar-refractivity contribution in [2.45, 2.75) is 45.1 Å². The van der Waals surface area contributed by atoms with Crippen molar-refractivity contribution >= 4 is 0 Å². The van der Waals surface area contributed by atoms with Crippen molar-refractivity contribution in [2.75, 3.05) is 6.54 Å². The van der Waals surface area contributed by atoms with Crippen LogP contribution in [0.2, 0.25) is 0 Å². The summed E-state index contributed by atoms with van der Waals surface area (Å²) in [7, 11) is 0. The van der Waals surface area contributed by atoms with E-state index in [1.807, 2.05) is 31.6 Å². The van der Waals surface area contributed by atoms with Crippen LogP contribution in [0.4, 0.5) is 0 Å². The SMILES string of the molecule is CCCNC(c1ncc(C)cn1)C1CCc2cccnc21. The zero-order chi connectivity index (χ0) is 14.7. The summed E-state index contributed by atoms with van der Waals surface area (Å²) in [6, 6.07) is 4.37. The molecule has 0 saturated heterocycles. The molecule has 0 aromatic carbocycles. The van der Waals surface area contributed by atoms with Crippen molar-refractivity contribution < 1.29 is 0 Å². The molecule has 1 aliphatic carbocycles. The Balaban J connectivity index is 1.91. The Labute approximate surface area is 126 Å². The molecule has 3 rings (SSSR count). The number of rotatable bonds is 5. The van der Waals surface area contributed by atoms with Gasteiger partial charge in [0, 0.05) is 30.2 Å². The molecular formula is C17H22N4. The summed E-state index contributed by atoms with van der Waals surface area (Å²) in [6.45, 7) is 5.17. The standard InChI is InChI=1S/C17H22N4/c1-3-8-18-16(17-20-10-12(2)11-21-17)14-7-6-13-5-4-9-19-15(13)14/h4-5,9-11,14,16,18H,3,6-8H2,1-2H3. The van der Waals surface area contributed by atoms with Gasteiger partial charge >= 0.3 is 0 Å². The highest BCUT2D eigenvalue weighted by atomic mass is 15.0. The largest absolute Gasteiger partial charge is 0.307 e. The molecule has 0 bridgehead atoms. The van der Waals surface area contributed by atoms with E-state index in [1.54, 1.807) is 0 Å². The molecule has 2 aromatic rings. The van der Waals surface area contributed by atoms with Crippen LogP contribution in [0.3, 0.4) is 0 Å². The van der Waals surface area contributed by atoms with Crippen molar-refractivity contribution in [3.8, 4) is 0 Å². The normalized spacial score (nSPS) is 18.5. The number of pyridine rings is 1. The monoisotopic (exact) mass is 282 g/mol. The van der Waals surface area contributed by atoms with Gasteiger partial charge < -0.3 is 5.32 Å². The van der Waals surface area contributed by atoms with E-state index in [9.17, 15) is 0 Å². The molecule has 110 valence electrons. The van der Waals surface area contributed by atoms with Gasteiger partial charge in [-0.2, -0.15) is 0 Å². The van der Waals surface area contributed by atoms with Crippen molar-refractivity contribution in [1.29, 1.82) is 0 Å². The lowest BCUT2D eigenvalue weighted by Crippen LogP contribution is -2.29. The Morgan fingerprint density at radius 1 is 1.29 bits per heavy atom. The molecule has 21 heavy (non-hydrogen) atoms. The Hall–Kier alpha value is -1.81. The van der Waals surface area contributed by atoms with Gasteiger partial charge in [0.05, 0.1) is 6.04 Å². The number of hydrogen-bond donors (Lipinski definition) is 1. The first-order valence-electron chi connectivity index (χ1n) is 7.75. The summed E-state index contributed by atoms with van der Waals surface area (Å²) in [5.74, 6) is 1.26. The molecule has 2 unspecified atom stereocenters. The lowest BCUT2D eigenvalue weighted by Gasteiger charge is -2.23. The molecule has 0 spiro atoms. The first kappa shape index (κ1) is 14.1. The third-order valence-electron chi connectivity index (χ3n) is 4.10. The molecule has 1 N–H and O–H groups in total. The van der Waals surface area contributed by atoms with Gasteiger partial charge in [0.15, 0.2) is 0 Å². The highest BCUT2D eigenvalue weighted by molar-refractivity contribution is 5.31. The molecule has 0 amide bonds. The topological polar surface area (TPSA) is 50.7 Å². The van der Waals surface area contributed by atoms with E-state index in [-0.39, 0.29) is 6.04 Å². The Kier molecular flexibility index (Phi) is 4.25. The molecule has 4 nitrogen and oxygen atoms in total. The molecule has 2 atom stereocenters. The second-order valence-corrected chi connectivity index (χ2v) is 5.74. The Morgan fingerprint density at radius 2 is 2.10 bits per heavy atom. The highest BCUT2D eigenvalue weighted by Gasteiger charge is 2.33. The van der Waals surface area contributed by atoms with E-state index in [2.05, 4.69) is 33.3 Å². The summed E-state index contributed by atoms with van der Waals surface area (Å²) >= 11 is 0. The predicted octanol–water partition coefficient (Wildman–Crippen LogP) is 2.95. The van der Waals surface area contributed by atoms with Crippen molar-refractivity contribution in [3.63, 3.8) is 0 Å². The van der Waals surface area contributed by atoms with E-state index >= 15 is 0 Å². The van der Waals surface area contributed by atoms with Crippen LogP contribution >= 0.6 is 0 Å². The zero-order valence-electron chi connectivity index (χ0n) is 12.7. The first-order chi connectivity index (χ1) is 10.3. The van der Waals surface area contributed by atoms with Gasteiger partial charge in [-0.1, -0.05) is 13.0 Å². The Morgan fingerprint density at radius 3 is 2.86 bits per heavy atom. The maximum absolute atomic E-state index is 4.62. The lowest BCUT2D eigenvalue weighted by atomic mass is 9.95. The predicted molar refractivity (Wildman–Crippen MR) is 83.1 cm³/mol. The third kappa shape index (κ3) is 2.95. The van der Waals surface area contributed by atoms with Crippen LogP contribution in [0, 0.1) is 6.92 Å². The number of nitrogens with one attached hydrogen (secondary N) is 1. The van der Waals surface area contributed by atoms with Crippen LogP contribution in [-0.2, 0) is 6.42 Å². The molecular weight excluding hydrogens is 260 g/mol. The third-order valence-corrected chi connectivity index (χ3v) is 4.10. The van der Waals surface area contributed by atoms with E-state index in [1.165, 1.54) is 11.3 Å². The highest BCUT2D eigenvalue weighted by Crippen LogP contribution is 2.39. The number of nitrogens with zero attached hydrogens (tertiary/aromatic N) is 3. The Bertz CT molecular complexity index is 594. The van der Waals surface area contributed by atoms with Gasteiger partial charge in [-0.05, 0) is 49.9 Å². The maximum atomic E-state index is 4.62. The van der Waals surface area contributed by atoms with Gasteiger partial charge in [-0.3, -0.25) is 4.98 Å². The first-order valence-corrected chi connectivity index (χ1v) is 7.75. The van der Waals surface area contributed by atoms with Gasteiger partial charge in [0.25, 0.3) is 0 Å². The molecule has 0 aliphatic heterocycles. The van der Waals surface area contributed by atoms with Gasteiger partial charge in [-0.15, -0.1) is 0 Å². The summed E-state index contributed by atoms with van der Waals surface area (Å²) in [6.07, 6.45) is 9.01. The lowest BCUT2D eigenvalue weighted by molar-refractivity contribution is 0.418. The van der Waals surface area contributed by atoms with Crippen LogP contribution in [0.1, 0.15) is 54.4 Å². The molecule has 0 saturated carbocycles. The smallest absolute Gasteiger partial charge is 0.145 e. The molecule has 1 aliphatic rings. The van der Waals surface area contributed by atoms with E-state index < -0.39 is 0 Å². The quantitative estimate of drug-likeness (QED) is 0.916. The van der Waals surface area contributed by atoms with Crippen molar-refractivity contribution in [2.24, 2.45) is 0 Å². The average Bonchev–Trinajstić information content (AvgIpc) is 2.93. The number of hydrogen-bond acceptors (Lipinski definition) is 4. The molecule has 0 fully saturated rings. The van der Waals surface area contributed by atoms with Gasteiger partial charge in [0.2, 0.25) is 0 Å². The van der Waals surface area contributed by atoms with Gasteiger partial charge in [-0.25, -0.2) is 9.97 Å².